The Morgan fingerprint density at radius 3 is 2.77 bits per heavy atom. The Hall–Kier alpha value is -1.90. The molecule has 0 amide bonds. The number of nitrogen functional groups attached to an aromatic ring is 1. The van der Waals surface area contributed by atoms with Crippen molar-refractivity contribution in [2.24, 2.45) is 0 Å². The normalized spacial score (nSPS) is 9.69. The molecule has 0 unspecified atom stereocenters. The summed E-state index contributed by atoms with van der Waals surface area (Å²) in [5, 5.41) is 8.41. The maximum atomic E-state index is 11.7. The molecule has 0 saturated heterocycles. The summed E-state index contributed by atoms with van der Waals surface area (Å²) in [5.41, 5.74) is 5.39. The first-order valence-corrected chi connectivity index (χ1v) is 3.24. The van der Waals surface area contributed by atoms with Crippen LogP contribution in [0.25, 0.3) is 0 Å². The number of aromatic nitrogens is 1. The molecule has 0 aliphatic heterocycles. The first-order valence-electron chi connectivity index (χ1n) is 3.24. The fourth-order valence-electron chi connectivity index (χ4n) is 0.734. The highest BCUT2D eigenvalue weighted by Crippen LogP contribution is 2.15. The van der Waals surface area contributed by atoms with Gasteiger partial charge in [0.25, 0.3) is 0 Å². The molecular formula is C7H5F2N3O. The molecule has 1 aromatic heterocycles. The Bertz CT molecular complexity index is 348. The van der Waals surface area contributed by atoms with Crippen molar-refractivity contribution in [1.29, 1.82) is 5.26 Å². The lowest BCUT2D eigenvalue weighted by Gasteiger charge is -2.03. The minimum Gasteiger partial charge on any atom is -0.417 e. The van der Waals surface area contributed by atoms with E-state index in [9.17, 15) is 8.78 Å². The van der Waals surface area contributed by atoms with Crippen molar-refractivity contribution >= 4 is 5.69 Å². The Balaban J connectivity index is 2.96. The molecule has 0 aliphatic carbocycles. The third-order valence-electron chi connectivity index (χ3n) is 1.15. The number of hydrogen-bond acceptors (Lipinski definition) is 4. The van der Waals surface area contributed by atoms with Crippen molar-refractivity contribution in [2.45, 2.75) is 6.61 Å². The van der Waals surface area contributed by atoms with Crippen LogP contribution < -0.4 is 10.5 Å². The molecule has 68 valence electrons. The molecule has 6 heteroatoms. The summed E-state index contributed by atoms with van der Waals surface area (Å²) >= 11 is 0. The van der Waals surface area contributed by atoms with Gasteiger partial charge in [-0.05, 0) is 6.07 Å². The second-order valence-electron chi connectivity index (χ2n) is 2.11. The van der Waals surface area contributed by atoms with Gasteiger partial charge in [-0.15, -0.1) is 0 Å². The number of alkyl halides is 2. The van der Waals surface area contributed by atoms with Gasteiger partial charge in [-0.1, -0.05) is 0 Å². The number of anilines is 1. The molecule has 13 heavy (non-hydrogen) atoms. The van der Waals surface area contributed by atoms with E-state index < -0.39 is 6.61 Å². The zero-order valence-electron chi connectivity index (χ0n) is 6.37. The van der Waals surface area contributed by atoms with Crippen LogP contribution in [0.3, 0.4) is 0 Å². The largest absolute Gasteiger partial charge is 0.417 e. The van der Waals surface area contributed by atoms with Crippen LogP contribution in [0.2, 0.25) is 0 Å². The van der Waals surface area contributed by atoms with Crippen LogP contribution in [0.1, 0.15) is 5.69 Å². The molecule has 0 aromatic carbocycles. The number of hydrogen-bond donors (Lipinski definition) is 1. The Labute approximate surface area is 72.6 Å². The monoisotopic (exact) mass is 185 g/mol. The molecule has 1 aromatic rings. The third kappa shape index (κ3) is 2.56. The van der Waals surface area contributed by atoms with E-state index in [0.29, 0.717) is 0 Å². The summed E-state index contributed by atoms with van der Waals surface area (Å²) in [6.07, 6.45) is 0. The van der Waals surface area contributed by atoms with Crippen LogP contribution in [0.15, 0.2) is 12.1 Å². The van der Waals surface area contributed by atoms with Crippen molar-refractivity contribution in [3.05, 3.63) is 17.8 Å². The standard InChI is InChI=1S/C7H5F2N3O/c8-7(9)13-6-2-4(11)1-5(3-10)12-6/h1-2,7H,(H2,11,12). The van der Waals surface area contributed by atoms with E-state index in [1.54, 1.807) is 6.07 Å². The number of halogens is 2. The van der Waals surface area contributed by atoms with Gasteiger partial charge in [-0.2, -0.15) is 14.0 Å². The maximum Gasteiger partial charge on any atom is 0.388 e. The number of pyridine rings is 1. The van der Waals surface area contributed by atoms with Crippen molar-refractivity contribution < 1.29 is 13.5 Å². The summed E-state index contributed by atoms with van der Waals surface area (Å²) < 4.78 is 27.4. The molecule has 0 aliphatic rings. The van der Waals surface area contributed by atoms with Crippen molar-refractivity contribution in [2.75, 3.05) is 5.73 Å². The summed E-state index contributed by atoms with van der Waals surface area (Å²) in [5.74, 6) is -0.355. The molecule has 0 atom stereocenters. The molecule has 1 rings (SSSR count). The fourth-order valence-corrected chi connectivity index (χ4v) is 0.734. The molecule has 0 saturated carbocycles. The van der Waals surface area contributed by atoms with Crippen molar-refractivity contribution in [3.63, 3.8) is 0 Å². The van der Waals surface area contributed by atoms with E-state index >= 15 is 0 Å². The Morgan fingerprint density at radius 2 is 2.23 bits per heavy atom. The molecule has 0 fully saturated rings. The summed E-state index contributed by atoms with van der Waals surface area (Å²) in [4.78, 5) is 3.45. The molecule has 2 N–H and O–H groups in total. The minimum absolute atomic E-state index is 0.0596. The number of nitrogens with zero attached hydrogens (tertiary/aromatic N) is 2. The number of rotatable bonds is 2. The van der Waals surface area contributed by atoms with Crippen LogP contribution in [0, 0.1) is 11.3 Å². The molecule has 4 nitrogen and oxygen atoms in total. The molecule has 0 spiro atoms. The summed E-state index contributed by atoms with van der Waals surface area (Å²) in [6.45, 7) is -2.97. The summed E-state index contributed by atoms with van der Waals surface area (Å²) in [6, 6.07) is 4.05. The van der Waals surface area contributed by atoms with Crippen LogP contribution in [-0.2, 0) is 0 Å². The van der Waals surface area contributed by atoms with E-state index in [1.807, 2.05) is 0 Å². The predicted octanol–water partition coefficient (Wildman–Crippen LogP) is 1.14. The minimum atomic E-state index is -2.97. The highest BCUT2D eigenvalue weighted by molar-refractivity contribution is 5.45. The van der Waals surface area contributed by atoms with Gasteiger partial charge < -0.3 is 10.5 Å². The van der Waals surface area contributed by atoms with Gasteiger partial charge in [0.15, 0.2) is 0 Å². The van der Waals surface area contributed by atoms with E-state index in [2.05, 4.69) is 9.72 Å². The Kier molecular flexibility index (Phi) is 2.59. The lowest BCUT2D eigenvalue weighted by molar-refractivity contribution is -0.0528. The zero-order valence-corrected chi connectivity index (χ0v) is 6.37. The van der Waals surface area contributed by atoms with Crippen molar-refractivity contribution in [1.82, 2.24) is 4.98 Å². The third-order valence-corrected chi connectivity index (χ3v) is 1.15. The van der Waals surface area contributed by atoms with Crippen LogP contribution in [0.4, 0.5) is 14.5 Å². The molecule has 0 radical (unpaired) electrons. The van der Waals surface area contributed by atoms with Gasteiger partial charge in [0.05, 0.1) is 0 Å². The fraction of sp³-hybridized carbons (Fsp3) is 0.143. The smallest absolute Gasteiger partial charge is 0.388 e. The van der Waals surface area contributed by atoms with Crippen molar-refractivity contribution in [3.8, 4) is 11.9 Å². The second kappa shape index (κ2) is 3.67. The van der Waals surface area contributed by atoms with Gasteiger partial charge in [0.2, 0.25) is 5.88 Å². The number of ether oxygens (including phenoxy) is 1. The van der Waals surface area contributed by atoms with Gasteiger partial charge in [-0.3, -0.25) is 0 Å². The van der Waals surface area contributed by atoms with Crippen LogP contribution in [0.5, 0.6) is 5.88 Å². The molecular weight excluding hydrogens is 180 g/mol. The van der Waals surface area contributed by atoms with Gasteiger partial charge in [0, 0.05) is 11.8 Å². The quantitative estimate of drug-likeness (QED) is 0.749. The number of nitrogens with two attached hydrogens (primary N) is 1. The lowest BCUT2D eigenvalue weighted by Crippen LogP contribution is -2.04. The summed E-state index contributed by atoms with van der Waals surface area (Å²) in [7, 11) is 0. The van der Waals surface area contributed by atoms with E-state index in [0.717, 1.165) is 6.07 Å². The second-order valence-corrected chi connectivity index (χ2v) is 2.11. The van der Waals surface area contributed by atoms with E-state index in [4.69, 9.17) is 11.0 Å². The highest BCUT2D eigenvalue weighted by atomic mass is 19.3. The van der Waals surface area contributed by atoms with Crippen LogP contribution in [-0.4, -0.2) is 11.6 Å². The number of nitriles is 1. The molecule has 0 bridgehead atoms. The van der Waals surface area contributed by atoms with E-state index in [1.165, 1.54) is 6.07 Å². The average molecular weight is 185 g/mol. The van der Waals surface area contributed by atoms with Gasteiger partial charge in [0.1, 0.15) is 11.8 Å². The SMILES string of the molecule is N#Cc1cc(N)cc(OC(F)F)n1. The first-order chi connectivity index (χ1) is 6.11. The van der Waals surface area contributed by atoms with Crippen LogP contribution >= 0.6 is 0 Å². The average Bonchev–Trinajstić information content (AvgIpc) is 2.01. The van der Waals surface area contributed by atoms with E-state index in [-0.39, 0.29) is 17.3 Å². The first kappa shape index (κ1) is 9.19. The maximum absolute atomic E-state index is 11.7. The lowest BCUT2D eigenvalue weighted by atomic mass is 10.3. The van der Waals surface area contributed by atoms with Gasteiger partial charge >= 0.3 is 6.61 Å². The topological polar surface area (TPSA) is 71.9 Å². The zero-order chi connectivity index (χ0) is 9.84. The highest BCUT2D eigenvalue weighted by Gasteiger charge is 2.07. The van der Waals surface area contributed by atoms with Gasteiger partial charge in [-0.25, -0.2) is 4.98 Å². The predicted molar refractivity (Wildman–Crippen MR) is 40.0 cm³/mol. The molecule has 1 heterocycles. The Morgan fingerprint density at radius 1 is 1.54 bits per heavy atom.